The van der Waals surface area contributed by atoms with Crippen molar-refractivity contribution in [2.75, 3.05) is 27.2 Å². The Labute approximate surface area is 222 Å². The molecule has 0 bridgehead atoms. The molecule has 188 valence electrons. The van der Waals surface area contributed by atoms with Crippen molar-refractivity contribution < 1.29 is 9.53 Å². The summed E-state index contributed by atoms with van der Waals surface area (Å²) in [6.45, 7) is 4.40. The van der Waals surface area contributed by atoms with E-state index in [0.717, 1.165) is 57.6 Å². The molecular weight excluding hydrogens is 484 g/mol. The molecule has 0 radical (unpaired) electrons. The lowest BCUT2D eigenvalue weighted by Crippen LogP contribution is -2.31. The number of hydrogen-bond acceptors (Lipinski definition) is 6. The minimum Gasteiger partial charge on any atom is -0.465 e. The highest BCUT2D eigenvalue weighted by atomic mass is 32.1. The van der Waals surface area contributed by atoms with Gasteiger partial charge in [-0.15, -0.1) is 22.7 Å². The quantitative estimate of drug-likeness (QED) is 0.313. The van der Waals surface area contributed by atoms with Crippen LogP contribution in [0.2, 0.25) is 0 Å². The van der Waals surface area contributed by atoms with Gasteiger partial charge in [0, 0.05) is 28.9 Å². The standard InChI is InChI=1S/C30H34N2O2S2/c1-20-4-9-22(10-5-20)27-17-32(2)15-14-25(27)26-16-28(36-29(26)30(33)34-3)23-11-6-21(7-12-23)8-13-24-18-35-19-31-24/h6-8,11-13,16,18-20,22H,4-5,9-10,14-15,17H2,1-3H3/b13-8+. The third-order valence-electron chi connectivity index (χ3n) is 7.60. The van der Waals surface area contributed by atoms with E-state index in [0.29, 0.717) is 5.92 Å². The van der Waals surface area contributed by atoms with Crippen LogP contribution in [0, 0.1) is 11.8 Å². The van der Waals surface area contributed by atoms with E-state index in [2.05, 4.69) is 60.3 Å². The zero-order valence-electron chi connectivity index (χ0n) is 21.3. The van der Waals surface area contributed by atoms with Crippen LogP contribution >= 0.6 is 22.7 Å². The minimum absolute atomic E-state index is 0.230. The van der Waals surface area contributed by atoms with Crippen molar-refractivity contribution in [1.82, 2.24) is 9.88 Å². The number of likely N-dealkylation sites (N-methyl/N-ethyl adjacent to an activating group) is 1. The lowest BCUT2D eigenvalue weighted by molar-refractivity contribution is 0.0606. The summed E-state index contributed by atoms with van der Waals surface area (Å²) in [6, 6.07) is 10.8. The molecule has 2 aromatic heterocycles. The molecule has 1 aliphatic heterocycles. The number of esters is 1. The molecule has 1 aliphatic carbocycles. The molecule has 1 saturated carbocycles. The highest BCUT2D eigenvalue weighted by Crippen LogP contribution is 2.43. The third-order valence-corrected chi connectivity index (χ3v) is 9.37. The fourth-order valence-corrected chi connectivity index (χ4v) is 7.10. The number of nitrogens with zero attached hydrogens (tertiary/aromatic N) is 2. The molecular formula is C30H34N2O2S2. The lowest BCUT2D eigenvalue weighted by Gasteiger charge is -2.35. The molecule has 0 atom stereocenters. The van der Waals surface area contributed by atoms with E-state index >= 15 is 0 Å². The topological polar surface area (TPSA) is 42.4 Å². The van der Waals surface area contributed by atoms with Crippen LogP contribution in [0.4, 0.5) is 0 Å². The number of thiophene rings is 1. The van der Waals surface area contributed by atoms with Crippen LogP contribution in [0.5, 0.6) is 0 Å². The van der Waals surface area contributed by atoms with E-state index in [4.69, 9.17) is 4.74 Å². The molecule has 6 heteroatoms. The molecule has 4 nitrogen and oxygen atoms in total. The molecule has 5 rings (SSSR count). The van der Waals surface area contributed by atoms with Crippen molar-refractivity contribution in [1.29, 1.82) is 0 Å². The van der Waals surface area contributed by atoms with E-state index < -0.39 is 0 Å². The SMILES string of the molecule is COC(=O)c1sc(-c2ccc(/C=C/c3cscn3)cc2)cc1C1=C(C2CCC(C)CC2)CN(C)CC1. The second kappa shape index (κ2) is 11.2. The minimum atomic E-state index is -0.230. The Morgan fingerprint density at radius 3 is 2.61 bits per heavy atom. The van der Waals surface area contributed by atoms with Gasteiger partial charge in [-0.3, -0.25) is 0 Å². The second-order valence-corrected chi connectivity index (χ2v) is 11.9. The predicted octanol–water partition coefficient (Wildman–Crippen LogP) is 7.74. The largest absolute Gasteiger partial charge is 0.465 e. The highest BCUT2D eigenvalue weighted by molar-refractivity contribution is 7.17. The zero-order chi connectivity index (χ0) is 25.1. The molecule has 0 saturated heterocycles. The average molecular weight is 519 g/mol. The summed E-state index contributed by atoms with van der Waals surface area (Å²) >= 11 is 3.16. The number of thiazole rings is 1. The van der Waals surface area contributed by atoms with Gasteiger partial charge in [0.15, 0.2) is 0 Å². The first kappa shape index (κ1) is 25.1. The van der Waals surface area contributed by atoms with Crippen LogP contribution < -0.4 is 0 Å². The third kappa shape index (κ3) is 5.56. The van der Waals surface area contributed by atoms with Crippen molar-refractivity contribution >= 4 is 46.4 Å². The molecule has 2 aliphatic rings. The highest BCUT2D eigenvalue weighted by Gasteiger charge is 2.30. The van der Waals surface area contributed by atoms with Gasteiger partial charge in [0.05, 0.1) is 18.3 Å². The summed E-state index contributed by atoms with van der Waals surface area (Å²) in [5, 5.41) is 2.03. The number of methoxy groups -OCH3 is 1. The summed E-state index contributed by atoms with van der Waals surface area (Å²) in [7, 11) is 3.70. The molecule has 3 aromatic rings. The van der Waals surface area contributed by atoms with Gasteiger partial charge < -0.3 is 9.64 Å². The molecule has 0 N–H and O–H groups in total. The number of aromatic nitrogens is 1. The van der Waals surface area contributed by atoms with Crippen LogP contribution in [0.1, 0.15) is 65.5 Å². The zero-order valence-corrected chi connectivity index (χ0v) is 23.0. The molecule has 0 amide bonds. The molecule has 1 fully saturated rings. The smallest absolute Gasteiger partial charge is 0.348 e. The van der Waals surface area contributed by atoms with Gasteiger partial charge in [-0.05, 0) is 72.6 Å². The maximum absolute atomic E-state index is 12.9. The number of rotatable bonds is 6. The van der Waals surface area contributed by atoms with Crippen LogP contribution in [0.25, 0.3) is 28.2 Å². The van der Waals surface area contributed by atoms with Gasteiger partial charge in [-0.25, -0.2) is 9.78 Å². The predicted molar refractivity (Wildman–Crippen MR) is 152 cm³/mol. The van der Waals surface area contributed by atoms with Gasteiger partial charge in [0.25, 0.3) is 0 Å². The lowest BCUT2D eigenvalue weighted by atomic mass is 9.75. The van der Waals surface area contributed by atoms with E-state index in [1.165, 1.54) is 38.4 Å². The van der Waals surface area contributed by atoms with Gasteiger partial charge in [-0.1, -0.05) is 50.1 Å². The van der Waals surface area contributed by atoms with Crippen molar-refractivity contribution in [2.24, 2.45) is 11.8 Å². The number of ether oxygens (including phenoxy) is 1. The molecule has 1 aromatic carbocycles. The van der Waals surface area contributed by atoms with E-state index in [1.807, 2.05) is 17.0 Å². The summed E-state index contributed by atoms with van der Waals surface area (Å²) in [5.41, 5.74) is 9.11. The first-order valence-corrected chi connectivity index (χ1v) is 14.6. The Hall–Kier alpha value is -2.54. The summed E-state index contributed by atoms with van der Waals surface area (Å²) < 4.78 is 5.24. The normalized spacial score (nSPS) is 21.3. The van der Waals surface area contributed by atoms with E-state index in [9.17, 15) is 4.79 Å². The number of carbonyl (C=O) groups excluding carboxylic acids is 1. The first-order valence-electron chi connectivity index (χ1n) is 12.8. The average Bonchev–Trinajstić information content (AvgIpc) is 3.58. The van der Waals surface area contributed by atoms with Gasteiger partial charge in [-0.2, -0.15) is 0 Å². The number of hydrogen-bond donors (Lipinski definition) is 0. The summed E-state index contributed by atoms with van der Waals surface area (Å²) in [4.78, 5) is 21.5. The second-order valence-electron chi connectivity index (χ2n) is 10.2. The first-order chi connectivity index (χ1) is 17.5. The Kier molecular flexibility index (Phi) is 7.85. The van der Waals surface area contributed by atoms with Crippen LogP contribution in [-0.4, -0.2) is 43.1 Å². The molecule has 36 heavy (non-hydrogen) atoms. The van der Waals surface area contributed by atoms with Crippen molar-refractivity contribution in [3.63, 3.8) is 0 Å². The van der Waals surface area contributed by atoms with Crippen molar-refractivity contribution in [3.8, 4) is 10.4 Å². The maximum Gasteiger partial charge on any atom is 0.348 e. The van der Waals surface area contributed by atoms with Crippen LogP contribution in [-0.2, 0) is 4.74 Å². The number of benzene rings is 1. The Bertz CT molecular complexity index is 1250. The Balaban J connectivity index is 1.49. The van der Waals surface area contributed by atoms with Crippen LogP contribution in [0.3, 0.4) is 0 Å². The molecule has 3 heterocycles. The van der Waals surface area contributed by atoms with Crippen LogP contribution in [0.15, 0.2) is 46.8 Å². The Morgan fingerprint density at radius 1 is 1.14 bits per heavy atom. The van der Waals surface area contributed by atoms with Gasteiger partial charge in [0.2, 0.25) is 0 Å². The Morgan fingerprint density at radius 2 is 1.92 bits per heavy atom. The van der Waals surface area contributed by atoms with Gasteiger partial charge in [0.1, 0.15) is 4.88 Å². The van der Waals surface area contributed by atoms with E-state index in [-0.39, 0.29) is 5.97 Å². The number of carbonyl (C=O) groups is 1. The fourth-order valence-electron chi connectivity index (χ4n) is 5.47. The molecule has 0 spiro atoms. The van der Waals surface area contributed by atoms with E-state index in [1.54, 1.807) is 28.2 Å². The van der Waals surface area contributed by atoms with Gasteiger partial charge >= 0.3 is 5.97 Å². The summed E-state index contributed by atoms with van der Waals surface area (Å²) in [5.74, 6) is 1.22. The van der Waals surface area contributed by atoms with Crippen molar-refractivity contribution in [3.05, 3.63) is 68.5 Å². The summed E-state index contributed by atoms with van der Waals surface area (Å²) in [6.07, 6.45) is 10.2. The fraction of sp³-hybridized carbons (Fsp3) is 0.400. The monoisotopic (exact) mass is 518 g/mol. The maximum atomic E-state index is 12.9. The van der Waals surface area contributed by atoms with Crippen molar-refractivity contribution in [2.45, 2.75) is 39.0 Å². The molecule has 0 unspecified atom stereocenters.